The number of nitrogens with zero attached hydrogens (tertiary/aromatic N) is 1. The van der Waals surface area contributed by atoms with Gasteiger partial charge in [-0.3, -0.25) is 0 Å². The fourth-order valence-corrected chi connectivity index (χ4v) is 2.08. The Hall–Kier alpha value is -1.32. The molecule has 0 heterocycles. The van der Waals surface area contributed by atoms with Crippen molar-refractivity contribution in [1.29, 1.82) is 0 Å². The van der Waals surface area contributed by atoms with E-state index in [9.17, 15) is 0 Å². The number of nitrogens with one attached hydrogen (secondary N) is 1. The van der Waals surface area contributed by atoms with E-state index in [-0.39, 0.29) is 0 Å². The van der Waals surface area contributed by atoms with Gasteiger partial charge >= 0.3 is 0 Å². The minimum Gasteiger partial charge on any atom is -0.490 e. The van der Waals surface area contributed by atoms with Crippen LogP contribution in [0.1, 0.15) is 26.3 Å². The molecule has 1 unspecified atom stereocenters. The lowest BCUT2D eigenvalue weighted by Gasteiger charge is -2.23. The average molecular weight is 276 g/mol. The third-order valence-electron chi connectivity index (χ3n) is 3.37. The fourth-order valence-electron chi connectivity index (χ4n) is 2.08. The van der Waals surface area contributed by atoms with Crippen molar-refractivity contribution < 1.29 is 4.74 Å². The molecule has 3 heteroatoms. The Kier molecular flexibility index (Phi) is 8.00. The smallest absolute Gasteiger partial charge is 0.119 e. The summed E-state index contributed by atoms with van der Waals surface area (Å²) in [5, 5.41) is 3.56. The van der Waals surface area contributed by atoms with Gasteiger partial charge in [0.15, 0.2) is 0 Å². The molecule has 0 aliphatic rings. The first-order chi connectivity index (χ1) is 9.69. The number of likely N-dealkylation sites (N-methyl/N-ethyl adjacent to an activating group) is 1. The van der Waals surface area contributed by atoms with Crippen LogP contribution < -0.4 is 10.1 Å². The molecule has 1 aromatic rings. The maximum Gasteiger partial charge on any atom is 0.119 e. The van der Waals surface area contributed by atoms with Gasteiger partial charge in [0, 0.05) is 19.1 Å². The van der Waals surface area contributed by atoms with E-state index < -0.39 is 0 Å². The lowest BCUT2D eigenvalue weighted by molar-refractivity contribution is 0.270. The second kappa shape index (κ2) is 9.56. The van der Waals surface area contributed by atoms with Gasteiger partial charge in [-0.15, -0.1) is 0 Å². The topological polar surface area (TPSA) is 24.5 Å². The number of hydrogen-bond donors (Lipinski definition) is 1. The molecule has 1 N–H and O–H groups in total. The van der Waals surface area contributed by atoms with Gasteiger partial charge < -0.3 is 15.0 Å². The molecule has 0 spiro atoms. The number of hydrogen-bond acceptors (Lipinski definition) is 3. The SMILES string of the molecule is C=CCOc1ccc(CNC(C)CN(CC)CC)cc1. The summed E-state index contributed by atoms with van der Waals surface area (Å²) >= 11 is 0. The van der Waals surface area contributed by atoms with Gasteiger partial charge in [-0.25, -0.2) is 0 Å². The van der Waals surface area contributed by atoms with E-state index in [0.717, 1.165) is 31.9 Å². The van der Waals surface area contributed by atoms with Crippen molar-refractivity contribution in [3.05, 3.63) is 42.5 Å². The van der Waals surface area contributed by atoms with Gasteiger partial charge in [0.1, 0.15) is 12.4 Å². The second-order valence-corrected chi connectivity index (χ2v) is 5.01. The lowest BCUT2D eigenvalue weighted by Crippen LogP contribution is -2.38. The summed E-state index contributed by atoms with van der Waals surface area (Å²) in [6.45, 7) is 15.0. The predicted octanol–water partition coefficient (Wildman–Crippen LogP) is 3.07. The molecular weight excluding hydrogens is 248 g/mol. The zero-order valence-corrected chi connectivity index (χ0v) is 13.1. The maximum absolute atomic E-state index is 5.47. The zero-order chi connectivity index (χ0) is 14.8. The van der Waals surface area contributed by atoms with Crippen LogP contribution in [-0.2, 0) is 6.54 Å². The summed E-state index contributed by atoms with van der Waals surface area (Å²) in [4.78, 5) is 2.43. The molecule has 1 rings (SSSR count). The van der Waals surface area contributed by atoms with Crippen LogP contribution in [0.4, 0.5) is 0 Å². The fraction of sp³-hybridized carbons (Fsp3) is 0.529. The van der Waals surface area contributed by atoms with Gasteiger partial charge in [0.25, 0.3) is 0 Å². The quantitative estimate of drug-likeness (QED) is 0.665. The van der Waals surface area contributed by atoms with E-state index in [1.54, 1.807) is 6.08 Å². The molecular formula is C17H28N2O. The highest BCUT2D eigenvalue weighted by Crippen LogP contribution is 2.12. The van der Waals surface area contributed by atoms with Crippen molar-refractivity contribution in [3.8, 4) is 5.75 Å². The Morgan fingerprint density at radius 1 is 1.25 bits per heavy atom. The van der Waals surface area contributed by atoms with Crippen LogP contribution in [0.15, 0.2) is 36.9 Å². The molecule has 1 aromatic carbocycles. The van der Waals surface area contributed by atoms with E-state index in [2.05, 4.69) is 49.7 Å². The molecule has 0 saturated heterocycles. The Morgan fingerprint density at radius 3 is 2.45 bits per heavy atom. The monoisotopic (exact) mass is 276 g/mol. The number of ether oxygens (including phenoxy) is 1. The van der Waals surface area contributed by atoms with Crippen molar-refractivity contribution in [2.45, 2.75) is 33.4 Å². The molecule has 0 amide bonds. The summed E-state index contributed by atoms with van der Waals surface area (Å²) in [6.07, 6.45) is 1.75. The molecule has 0 saturated carbocycles. The summed E-state index contributed by atoms with van der Waals surface area (Å²) in [5.41, 5.74) is 1.28. The van der Waals surface area contributed by atoms with E-state index in [4.69, 9.17) is 4.74 Å². The van der Waals surface area contributed by atoms with Crippen LogP contribution >= 0.6 is 0 Å². The number of benzene rings is 1. The predicted molar refractivity (Wildman–Crippen MR) is 86.2 cm³/mol. The third-order valence-corrected chi connectivity index (χ3v) is 3.37. The van der Waals surface area contributed by atoms with E-state index in [1.807, 2.05) is 12.1 Å². The van der Waals surface area contributed by atoms with Gasteiger partial charge in [0.05, 0.1) is 0 Å². The molecule has 0 radical (unpaired) electrons. The van der Waals surface area contributed by atoms with Gasteiger partial charge in [-0.1, -0.05) is 38.6 Å². The molecule has 1 atom stereocenters. The zero-order valence-electron chi connectivity index (χ0n) is 13.1. The number of rotatable bonds is 10. The average Bonchev–Trinajstić information content (AvgIpc) is 2.49. The van der Waals surface area contributed by atoms with Crippen LogP contribution in [0.5, 0.6) is 5.75 Å². The van der Waals surface area contributed by atoms with Crippen molar-refractivity contribution in [3.63, 3.8) is 0 Å². The van der Waals surface area contributed by atoms with Crippen molar-refractivity contribution >= 4 is 0 Å². The Labute approximate surface area is 123 Å². The standard InChI is InChI=1S/C17H28N2O/c1-5-12-20-17-10-8-16(9-11-17)13-18-15(4)14-19(6-2)7-3/h5,8-11,15,18H,1,6-7,12-14H2,2-4H3. The van der Waals surface area contributed by atoms with Crippen LogP contribution in [-0.4, -0.2) is 37.2 Å². The van der Waals surface area contributed by atoms with E-state index in [0.29, 0.717) is 12.6 Å². The van der Waals surface area contributed by atoms with Crippen LogP contribution in [0.3, 0.4) is 0 Å². The summed E-state index contributed by atoms with van der Waals surface area (Å²) in [7, 11) is 0. The third kappa shape index (κ3) is 6.22. The highest BCUT2D eigenvalue weighted by Gasteiger charge is 2.06. The maximum atomic E-state index is 5.47. The first-order valence-corrected chi connectivity index (χ1v) is 7.47. The minimum atomic E-state index is 0.492. The molecule has 0 fully saturated rings. The van der Waals surface area contributed by atoms with Crippen LogP contribution in [0, 0.1) is 0 Å². The van der Waals surface area contributed by atoms with Gasteiger partial charge in [-0.2, -0.15) is 0 Å². The molecule has 112 valence electrons. The summed E-state index contributed by atoms with van der Waals surface area (Å²) in [5.74, 6) is 0.893. The van der Waals surface area contributed by atoms with Crippen molar-refractivity contribution in [2.24, 2.45) is 0 Å². The van der Waals surface area contributed by atoms with Gasteiger partial charge in [-0.05, 0) is 37.7 Å². The molecule has 0 aromatic heterocycles. The van der Waals surface area contributed by atoms with Gasteiger partial charge in [0.2, 0.25) is 0 Å². The normalized spacial score (nSPS) is 12.4. The molecule has 0 aliphatic heterocycles. The van der Waals surface area contributed by atoms with Crippen molar-refractivity contribution in [2.75, 3.05) is 26.2 Å². The highest BCUT2D eigenvalue weighted by atomic mass is 16.5. The van der Waals surface area contributed by atoms with Crippen LogP contribution in [0.2, 0.25) is 0 Å². The largest absolute Gasteiger partial charge is 0.490 e. The van der Waals surface area contributed by atoms with E-state index in [1.165, 1.54) is 5.56 Å². The Bertz CT molecular complexity index is 371. The second-order valence-electron chi connectivity index (χ2n) is 5.01. The van der Waals surface area contributed by atoms with E-state index >= 15 is 0 Å². The minimum absolute atomic E-state index is 0.492. The molecule has 20 heavy (non-hydrogen) atoms. The van der Waals surface area contributed by atoms with Crippen molar-refractivity contribution in [1.82, 2.24) is 10.2 Å². The highest BCUT2D eigenvalue weighted by molar-refractivity contribution is 5.27. The molecule has 3 nitrogen and oxygen atoms in total. The first kappa shape index (κ1) is 16.7. The molecule has 0 aliphatic carbocycles. The van der Waals surface area contributed by atoms with Crippen LogP contribution in [0.25, 0.3) is 0 Å². The Morgan fingerprint density at radius 2 is 1.90 bits per heavy atom. The Balaban J connectivity index is 2.35. The summed E-state index contributed by atoms with van der Waals surface area (Å²) < 4.78 is 5.47. The first-order valence-electron chi connectivity index (χ1n) is 7.47. The molecule has 0 bridgehead atoms. The summed E-state index contributed by atoms with van der Waals surface area (Å²) in [6, 6.07) is 8.72. The lowest BCUT2D eigenvalue weighted by atomic mass is 10.2.